The molecule has 2 aromatic rings. The molecule has 0 aromatic carbocycles. The number of nitrogens with one attached hydrogen (secondary N) is 1. The van der Waals surface area contributed by atoms with Gasteiger partial charge in [-0.3, -0.25) is 14.5 Å². The van der Waals surface area contributed by atoms with Gasteiger partial charge in [-0.25, -0.2) is 15.1 Å². The molecule has 1 amide bonds. The molecule has 9 nitrogen and oxygen atoms in total. The molecule has 1 N–H and O–H groups in total. The van der Waals surface area contributed by atoms with Crippen molar-refractivity contribution in [2.75, 3.05) is 44.2 Å². The van der Waals surface area contributed by atoms with Gasteiger partial charge in [-0.15, -0.1) is 0 Å². The summed E-state index contributed by atoms with van der Waals surface area (Å²) in [5.74, 6) is 0.218. The molecule has 2 saturated heterocycles. The van der Waals surface area contributed by atoms with Crippen molar-refractivity contribution in [3.8, 4) is 0 Å². The molecule has 2 aromatic heterocycles. The molecule has 2 aliphatic heterocycles. The summed E-state index contributed by atoms with van der Waals surface area (Å²) in [6.45, 7) is 4.53. The maximum atomic E-state index is 12.9. The average molecular weight is 451 g/mol. The molecule has 0 aliphatic carbocycles. The van der Waals surface area contributed by atoms with Crippen molar-refractivity contribution in [2.45, 2.75) is 32.0 Å². The van der Waals surface area contributed by atoms with Crippen LogP contribution in [-0.2, 0) is 11.0 Å². The molecule has 0 bridgehead atoms. The van der Waals surface area contributed by atoms with Crippen LogP contribution >= 0.6 is 0 Å². The molecule has 0 spiro atoms. The summed E-state index contributed by atoms with van der Waals surface area (Å²) < 4.78 is 38.0. The highest BCUT2D eigenvalue weighted by Gasteiger charge is 2.33. The van der Waals surface area contributed by atoms with E-state index in [1.54, 1.807) is 22.8 Å². The second-order valence-electron chi connectivity index (χ2n) is 8.07. The first kappa shape index (κ1) is 22.2. The van der Waals surface area contributed by atoms with E-state index < -0.39 is 11.7 Å². The number of anilines is 1. The smallest absolute Gasteiger partial charge is 0.338 e. The topological polar surface area (TPSA) is 98.3 Å². The van der Waals surface area contributed by atoms with Gasteiger partial charge >= 0.3 is 6.18 Å². The Balaban J connectivity index is 1.33. The standard InChI is InChI=1S/C20H24F3N7O2/c1-13-9-15(26-27-18(13)32)16-3-2-4-30(16)12-17(31)28-5-7-29(8-6-28)19-24-10-14(11-25-19)20(21,22)23/h9-11,16H,2-8,12H2,1H3,(H,27,32). The highest BCUT2D eigenvalue weighted by Crippen LogP contribution is 2.30. The number of piperazine rings is 1. The largest absolute Gasteiger partial charge is 0.419 e. The molecule has 0 saturated carbocycles. The molecule has 1 unspecified atom stereocenters. The molecule has 12 heteroatoms. The Hall–Kier alpha value is -3.02. The highest BCUT2D eigenvalue weighted by atomic mass is 19.4. The lowest BCUT2D eigenvalue weighted by atomic mass is 10.1. The van der Waals surface area contributed by atoms with Crippen LogP contribution in [0.5, 0.6) is 0 Å². The molecular weight excluding hydrogens is 427 g/mol. The van der Waals surface area contributed by atoms with Gasteiger partial charge in [0.1, 0.15) is 0 Å². The normalized spacial score (nSPS) is 20.1. The number of amides is 1. The lowest BCUT2D eigenvalue weighted by Gasteiger charge is -2.36. The van der Waals surface area contributed by atoms with Crippen molar-refractivity contribution in [1.82, 2.24) is 30.0 Å². The number of rotatable bonds is 4. The van der Waals surface area contributed by atoms with Crippen molar-refractivity contribution < 1.29 is 18.0 Å². The lowest BCUT2D eigenvalue weighted by Crippen LogP contribution is -2.51. The zero-order chi connectivity index (χ0) is 22.9. The van der Waals surface area contributed by atoms with Crippen LogP contribution in [0.3, 0.4) is 0 Å². The van der Waals surface area contributed by atoms with Gasteiger partial charge < -0.3 is 9.80 Å². The number of nitrogens with zero attached hydrogens (tertiary/aromatic N) is 6. The van der Waals surface area contributed by atoms with Crippen molar-refractivity contribution in [1.29, 1.82) is 0 Å². The number of hydrogen-bond acceptors (Lipinski definition) is 7. The SMILES string of the molecule is Cc1cc(C2CCCN2CC(=O)N2CCN(c3ncc(C(F)(F)F)cn3)CC2)n[nH]c1=O. The van der Waals surface area contributed by atoms with Crippen molar-refractivity contribution in [3.05, 3.63) is 45.6 Å². The van der Waals surface area contributed by atoms with Crippen LogP contribution < -0.4 is 10.5 Å². The lowest BCUT2D eigenvalue weighted by molar-refractivity contribution is -0.138. The molecule has 4 heterocycles. The zero-order valence-corrected chi connectivity index (χ0v) is 17.6. The second kappa shape index (κ2) is 8.85. The Labute approximate surface area is 182 Å². The summed E-state index contributed by atoms with van der Waals surface area (Å²) in [4.78, 5) is 37.7. The van der Waals surface area contributed by atoms with Gasteiger partial charge in [0.15, 0.2) is 0 Å². The number of aromatic amines is 1. The van der Waals surface area contributed by atoms with E-state index in [1.165, 1.54) is 0 Å². The van der Waals surface area contributed by atoms with Crippen LogP contribution in [0.25, 0.3) is 0 Å². The monoisotopic (exact) mass is 451 g/mol. The van der Waals surface area contributed by atoms with Crippen molar-refractivity contribution in [3.63, 3.8) is 0 Å². The van der Waals surface area contributed by atoms with Crippen LogP contribution in [0.15, 0.2) is 23.3 Å². The summed E-state index contributed by atoms with van der Waals surface area (Å²) in [6, 6.07) is 1.76. The Bertz CT molecular complexity index is 1020. The number of aryl methyl sites for hydroxylation is 1. The molecule has 2 fully saturated rings. The minimum absolute atomic E-state index is 0.00830. The van der Waals surface area contributed by atoms with E-state index in [-0.39, 0.29) is 30.0 Å². The van der Waals surface area contributed by atoms with E-state index >= 15 is 0 Å². The fourth-order valence-electron chi connectivity index (χ4n) is 4.10. The maximum Gasteiger partial charge on any atom is 0.419 e. The number of aromatic nitrogens is 4. The second-order valence-corrected chi connectivity index (χ2v) is 8.07. The fraction of sp³-hybridized carbons (Fsp3) is 0.550. The first-order chi connectivity index (χ1) is 15.2. The zero-order valence-electron chi connectivity index (χ0n) is 17.6. The van der Waals surface area contributed by atoms with Crippen LogP contribution in [0.1, 0.15) is 35.7 Å². The summed E-state index contributed by atoms with van der Waals surface area (Å²) in [7, 11) is 0. The number of carbonyl (C=O) groups excluding carboxylic acids is 1. The molecule has 1 atom stereocenters. The number of H-pyrrole nitrogens is 1. The third-order valence-corrected chi connectivity index (χ3v) is 5.93. The Morgan fingerprint density at radius 3 is 2.47 bits per heavy atom. The number of alkyl halides is 3. The van der Waals surface area contributed by atoms with Gasteiger partial charge in [-0.2, -0.15) is 18.3 Å². The minimum Gasteiger partial charge on any atom is -0.338 e. The predicted octanol–water partition coefficient (Wildman–Crippen LogP) is 1.37. The summed E-state index contributed by atoms with van der Waals surface area (Å²) in [6.07, 6.45) is -1.11. The predicted molar refractivity (Wildman–Crippen MR) is 109 cm³/mol. The van der Waals surface area contributed by atoms with E-state index in [2.05, 4.69) is 25.1 Å². The number of likely N-dealkylation sites (tertiary alicyclic amines) is 1. The molecule has 2 aliphatic rings. The van der Waals surface area contributed by atoms with Crippen LogP contribution in [-0.4, -0.2) is 75.1 Å². The van der Waals surface area contributed by atoms with Crippen molar-refractivity contribution in [2.24, 2.45) is 0 Å². The van der Waals surface area contributed by atoms with Gasteiger partial charge in [0.25, 0.3) is 5.56 Å². The number of halogens is 3. The van der Waals surface area contributed by atoms with E-state index in [0.29, 0.717) is 31.7 Å². The molecule has 0 radical (unpaired) electrons. The molecular formula is C20H24F3N7O2. The Morgan fingerprint density at radius 1 is 1.16 bits per heavy atom. The number of hydrogen-bond donors (Lipinski definition) is 1. The molecule has 4 rings (SSSR count). The quantitative estimate of drug-likeness (QED) is 0.750. The minimum atomic E-state index is -4.47. The van der Waals surface area contributed by atoms with E-state index in [9.17, 15) is 22.8 Å². The molecule has 172 valence electrons. The van der Waals surface area contributed by atoms with Gasteiger partial charge in [0.2, 0.25) is 11.9 Å². The van der Waals surface area contributed by atoms with E-state index in [4.69, 9.17) is 0 Å². The van der Waals surface area contributed by atoms with Crippen LogP contribution in [0.2, 0.25) is 0 Å². The highest BCUT2D eigenvalue weighted by molar-refractivity contribution is 5.78. The van der Waals surface area contributed by atoms with Gasteiger partial charge in [0, 0.05) is 44.1 Å². The van der Waals surface area contributed by atoms with Gasteiger partial charge in [0.05, 0.1) is 23.8 Å². The Morgan fingerprint density at radius 2 is 1.84 bits per heavy atom. The average Bonchev–Trinajstić information content (AvgIpc) is 3.23. The number of carbonyl (C=O) groups is 1. The fourth-order valence-corrected chi connectivity index (χ4v) is 4.10. The summed E-state index contributed by atoms with van der Waals surface area (Å²) in [5.41, 5.74) is 0.248. The third kappa shape index (κ3) is 4.74. The van der Waals surface area contributed by atoms with E-state index in [1.807, 2.05) is 0 Å². The van der Waals surface area contributed by atoms with Crippen LogP contribution in [0, 0.1) is 6.92 Å². The Kier molecular flexibility index (Phi) is 6.13. The summed E-state index contributed by atoms with van der Waals surface area (Å²) >= 11 is 0. The van der Waals surface area contributed by atoms with Gasteiger partial charge in [-0.1, -0.05) is 0 Å². The van der Waals surface area contributed by atoms with Gasteiger partial charge in [-0.05, 0) is 32.4 Å². The first-order valence-electron chi connectivity index (χ1n) is 10.4. The first-order valence-corrected chi connectivity index (χ1v) is 10.4. The van der Waals surface area contributed by atoms with Crippen LogP contribution in [0.4, 0.5) is 19.1 Å². The maximum absolute atomic E-state index is 12.9. The van der Waals surface area contributed by atoms with Crippen molar-refractivity contribution >= 4 is 11.9 Å². The molecule has 32 heavy (non-hydrogen) atoms. The van der Waals surface area contributed by atoms with E-state index in [0.717, 1.165) is 37.5 Å². The third-order valence-electron chi connectivity index (χ3n) is 5.93. The summed E-state index contributed by atoms with van der Waals surface area (Å²) in [5, 5.41) is 6.67.